The molecule has 2 atom stereocenters. The summed E-state index contributed by atoms with van der Waals surface area (Å²) in [6.45, 7) is 4.36. The molecule has 2 unspecified atom stereocenters. The number of nitrogens with one attached hydrogen (secondary N) is 1. The monoisotopic (exact) mass is 544 g/mol. The molecule has 5 aromatic heterocycles. The first-order valence-electron chi connectivity index (χ1n) is 13.0. The number of rotatable bonds is 7. The van der Waals surface area contributed by atoms with Crippen molar-refractivity contribution in [2.45, 2.75) is 36.9 Å². The van der Waals surface area contributed by atoms with Gasteiger partial charge < -0.3 is 9.64 Å². The van der Waals surface area contributed by atoms with Crippen molar-refractivity contribution in [3.05, 3.63) is 60.7 Å². The molecular formula is C27H28N8O3S. The van der Waals surface area contributed by atoms with Gasteiger partial charge in [-0.1, -0.05) is 13.0 Å². The maximum absolute atomic E-state index is 12.8. The fraction of sp³-hybridized carbons (Fsp3) is 0.333. The molecule has 0 aliphatic carbocycles. The molecule has 3 aliphatic heterocycles. The minimum absolute atomic E-state index is 0.0130. The van der Waals surface area contributed by atoms with Crippen molar-refractivity contribution in [2.24, 2.45) is 0 Å². The van der Waals surface area contributed by atoms with E-state index in [1.807, 2.05) is 30.6 Å². The SMILES string of the molecule is CCS(=O)(=O)c1cc(-c2ccc(N3CC4CC(C3)N4Cc3ccc(OC)nc3)nc2)c2c3cn[nH]c3nn2c1. The minimum atomic E-state index is -3.43. The number of hydrogen-bond donors (Lipinski definition) is 1. The zero-order chi connectivity index (χ0) is 26.7. The number of anilines is 1. The van der Waals surface area contributed by atoms with E-state index in [2.05, 4.69) is 36.1 Å². The highest BCUT2D eigenvalue weighted by Crippen LogP contribution is 2.37. The molecule has 8 heterocycles. The largest absolute Gasteiger partial charge is 0.481 e. The Bertz CT molecular complexity index is 1770. The van der Waals surface area contributed by atoms with E-state index in [0.29, 0.717) is 23.6 Å². The summed E-state index contributed by atoms with van der Waals surface area (Å²) in [5.41, 5.74) is 4.18. The summed E-state index contributed by atoms with van der Waals surface area (Å²) in [5, 5.41) is 12.3. The number of hydrogen-bond acceptors (Lipinski definition) is 9. The average molecular weight is 545 g/mol. The second-order valence-electron chi connectivity index (χ2n) is 10.2. The molecule has 2 bridgehead atoms. The van der Waals surface area contributed by atoms with Gasteiger partial charge in [0.15, 0.2) is 15.5 Å². The van der Waals surface area contributed by atoms with E-state index in [0.717, 1.165) is 47.5 Å². The second kappa shape index (κ2) is 9.02. The Morgan fingerprint density at radius 1 is 1.08 bits per heavy atom. The fourth-order valence-electron chi connectivity index (χ4n) is 5.80. The number of piperazine rings is 1. The molecule has 0 aromatic carbocycles. The summed E-state index contributed by atoms with van der Waals surface area (Å²) in [4.78, 5) is 14.3. The fourth-order valence-corrected chi connectivity index (χ4v) is 6.69. The Hall–Kier alpha value is -4.03. The Labute approximate surface area is 225 Å². The van der Waals surface area contributed by atoms with E-state index in [1.54, 1.807) is 37.0 Å². The van der Waals surface area contributed by atoms with Crippen LogP contribution in [0.3, 0.4) is 0 Å². The van der Waals surface area contributed by atoms with Gasteiger partial charge in [0, 0.05) is 67.5 Å². The van der Waals surface area contributed by atoms with Crippen molar-refractivity contribution in [3.63, 3.8) is 0 Å². The first kappa shape index (κ1) is 24.0. The van der Waals surface area contributed by atoms with E-state index in [9.17, 15) is 8.42 Å². The molecule has 0 saturated carbocycles. The second-order valence-corrected chi connectivity index (χ2v) is 12.4. The van der Waals surface area contributed by atoms with Crippen LogP contribution in [0.4, 0.5) is 5.82 Å². The van der Waals surface area contributed by atoms with Crippen LogP contribution in [0.15, 0.2) is 60.0 Å². The van der Waals surface area contributed by atoms with E-state index in [-0.39, 0.29) is 10.6 Å². The molecule has 3 saturated heterocycles. The Balaban J connectivity index is 1.14. The van der Waals surface area contributed by atoms with Crippen LogP contribution in [-0.4, -0.2) is 81.1 Å². The van der Waals surface area contributed by atoms with Gasteiger partial charge in [0.1, 0.15) is 5.82 Å². The zero-order valence-corrected chi connectivity index (χ0v) is 22.5. The summed E-state index contributed by atoms with van der Waals surface area (Å²) in [7, 11) is -1.80. The van der Waals surface area contributed by atoms with Crippen LogP contribution in [0.5, 0.6) is 5.88 Å². The van der Waals surface area contributed by atoms with Gasteiger partial charge in [-0.2, -0.15) is 5.10 Å². The number of fused-ring (bicyclic) bond motifs is 5. The minimum Gasteiger partial charge on any atom is -0.481 e. The maximum Gasteiger partial charge on any atom is 0.212 e. The van der Waals surface area contributed by atoms with E-state index in [1.165, 1.54) is 12.0 Å². The molecule has 39 heavy (non-hydrogen) atoms. The highest BCUT2D eigenvalue weighted by Gasteiger charge is 2.44. The molecule has 0 amide bonds. The molecule has 12 heteroatoms. The number of sulfone groups is 1. The number of methoxy groups -OCH3 is 1. The molecule has 5 aromatic rings. The van der Waals surface area contributed by atoms with E-state index in [4.69, 9.17) is 9.72 Å². The van der Waals surface area contributed by atoms with Gasteiger partial charge in [-0.15, -0.1) is 5.10 Å². The lowest BCUT2D eigenvalue weighted by Gasteiger charge is -2.56. The lowest BCUT2D eigenvalue weighted by Crippen LogP contribution is -2.68. The van der Waals surface area contributed by atoms with Gasteiger partial charge in [-0.05, 0) is 30.2 Å². The number of piperidine rings is 1. The van der Waals surface area contributed by atoms with Gasteiger partial charge in [0.25, 0.3) is 0 Å². The van der Waals surface area contributed by atoms with Crippen LogP contribution in [0.25, 0.3) is 27.7 Å². The third-order valence-electron chi connectivity index (χ3n) is 7.94. The highest BCUT2D eigenvalue weighted by molar-refractivity contribution is 7.91. The Morgan fingerprint density at radius 2 is 1.92 bits per heavy atom. The van der Waals surface area contributed by atoms with Crippen molar-refractivity contribution >= 4 is 32.2 Å². The normalized spacial score (nSPS) is 19.5. The Kier molecular flexibility index (Phi) is 5.56. The van der Waals surface area contributed by atoms with Gasteiger partial charge in [0.05, 0.1) is 34.9 Å². The zero-order valence-electron chi connectivity index (χ0n) is 21.6. The van der Waals surface area contributed by atoms with E-state index >= 15 is 0 Å². The van der Waals surface area contributed by atoms with Crippen LogP contribution >= 0.6 is 0 Å². The van der Waals surface area contributed by atoms with Gasteiger partial charge in [0.2, 0.25) is 5.88 Å². The maximum atomic E-state index is 12.8. The van der Waals surface area contributed by atoms with Crippen LogP contribution in [0.1, 0.15) is 18.9 Å². The summed E-state index contributed by atoms with van der Waals surface area (Å²) in [6, 6.07) is 10.7. The number of nitrogens with zero attached hydrogens (tertiary/aromatic N) is 7. The first-order chi connectivity index (χ1) is 18.9. The number of ether oxygens (including phenoxy) is 1. The third kappa shape index (κ3) is 4.02. The molecule has 3 aliphatic rings. The van der Waals surface area contributed by atoms with Crippen molar-refractivity contribution in [2.75, 3.05) is 30.9 Å². The van der Waals surface area contributed by atoms with E-state index < -0.39 is 9.84 Å². The van der Waals surface area contributed by atoms with Crippen LogP contribution < -0.4 is 9.64 Å². The topological polar surface area (TPSA) is 122 Å². The smallest absolute Gasteiger partial charge is 0.212 e. The highest BCUT2D eigenvalue weighted by atomic mass is 32.2. The predicted octanol–water partition coefficient (Wildman–Crippen LogP) is 2.93. The summed E-state index contributed by atoms with van der Waals surface area (Å²) in [6.07, 6.45) is 8.19. The van der Waals surface area contributed by atoms with Crippen molar-refractivity contribution in [1.82, 2.24) is 34.7 Å². The first-order valence-corrected chi connectivity index (χ1v) is 14.6. The standard InChI is InChI=1S/C27H28N8O3S/c1-3-39(36,37)21-9-22(26-23-12-30-31-27(23)32-35(26)16-21)18-5-6-24(28-11-18)33-14-19-8-20(15-33)34(19)13-17-4-7-25(38-2)29-10-17/h4-7,9-12,16,19-20H,3,8,13-15H2,1-2H3,(H,31,32). The summed E-state index contributed by atoms with van der Waals surface area (Å²) < 4.78 is 32.3. The van der Waals surface area contributed by atoms with Crippen molar-refractivity contribution < 1.29 is 13.2 Å². The predicted molar refractivity (Wildman–Crippen MR) is 147 cm³/mol. The molecular weight excluding hydrogens is 516 g/mol. The number of aromatic nitrogens is 6. The van der Waals surface area contributed by atoms with Crippen LogP contribution in [0.2, 0.25) is 0 Å². The van der Waals surface area contributed by atoms with Gasteiger partial charge >= 0.3 is 0 Å². The lowest BCUT2D eigenvalue weighted by molar-refractivity contribution is -0.00876. The van der Waals surface area contributed by atoms with Gasteiger partial charge in [-0.3, -0.25) is 10.00 Å². The summed E-state index contributed by atoms with van der Waals surface area (Å²) in [5.74, 6) is 1.57. The lowest BCUT2D eigenvalue weighted by atomic mass is 9.87. The molecule has 3 fully saturated rings. The molecule has 11 nitrogen and oxygen atoms in total. The molecule has 200 valence electrons. The van der Waals surface area contributed by atoms with Gasteiger partial charge in [-0.25, -0.2) is 22.9 Å². The molecule has 1 N–H and O–H groups in total. The van der Waals surface area contributed by atoms with Crippen LogP contribution in [0, 0.1) is 0 Å². The number of pyridine rings is 3. The summed E-state index contributed by atoms with van der Waals surface area (Å²) >= 11 is 0. The number of H-pyrrole nitrogens is 1. The van der Waals surface area contributed by atoms with Crippen LogP contribution in [-0.2, 0) is 16.4 Å². The van der Waals surface area contributed by atoms with Crippen molar-refractivity contribution in [1.29, 1.82) is 0 Å². The Morgan fingerprint density at radius 3 is 2.62 bits per heavy atom. The molecule has 0 spiro atoms. The average Bonchev–Trinajstić information content (AvgIpc) is 3.57. The molecule has 0 radical (unpaired) electrons. The number of aromatic amines is 1. The van der Waals surface area contributed by atoms with Crippen molar-refractivity contribution in [3.8, 4) is 17.0 Å². The molecule has 8 rings (SSSR count). The third-order valence-corrected chi connectivity index (χ3v) is 9.64. The quantitative estimate of drug-likeness (QED) is 0.330.